The van der Waals surface area contributed by atoms with Gasteiger partial charge in [0, 0.05) is 5.39 Å². The lowest BCUT2D eigenvalue weighted by Gasteiger charge is -2.11. The van der Waals surface area contributed by atoms with E-state index in [0.29, 0.717) is 6.61 Å². The van der Waals surface area contributed by atoms with Crippen LogP contribution in [0.3, 0.4) is 0 Å². The summed E-state index contributed by atoms with van der Waals surface area (Å²) in [5, 5.41) is 1.11. The van der Waals surface area contributed by atoms with Gasteiger partial charge < -0.3 is 4.42 Å². The third kappa shape index (κ3) is 2.90. The Kier molecular flexibility index (Phi) is 3.81. The van der Waals surface area contributed by atoms with Crippen molar-refractivity contribution in [3.63, 3.8) is 0 Å². The number of benzene rings is 2. The number of hydroxylamine groups is 1. The molecule has 0 bridgehead atoms. The summed E-state index contributed by atoms with van der Waals surface area (Å²) in [6.07, 6.45) is 0. The molecule has 0 saturated heterocycles. The van der Waals surface area contributed by atoms with E-state index in [1.807, 2.05) is 67.6 Å². The van der Waals surface area contributed by atoms with E-state index in [1.54, 1.807) is 0 Å². The molecule has 1 atom stereocenters. The highest BCUT2D eigenvalue weighted by Gasteiger charge is 2.11. The molecule has 1 N–H and O–H groups in total. The minimum absolute atomic E-state index is 0.00566. The van der Waals surface area contributed by atoms with Gasteiger partial charge in [-0.1, -0.05) is 48.5 Å². The van der Waals surface area contributed by atoms with E-state index in [-0.39, 0.29) is 6.04 Å². The van der Waals surface area contributed by atoms with E-state index in [0.717, 1.165) is 22.3 Å². The molecule has 0 aliphatic rings. The Morgan fingerprint density at radius 2 is 1.80 bits per heavy atom. The van der Waals surface area contributed by atoms with Crippen molar-refractivity contribution in [1.82, 2.24) is 5.48 Å². The summed E-state index contributed by atoms with van der Waals surface area (Å²) < 4.78 is 5.79. The minimum Gasteiger partial charge on any atom is -0.459 e. The maximum Gasteiger partial charge on any atom is 0.134 e. The number of hydrogen-bond acceptors (Lipinski definition) is 3. The van der Waals surface area contributed by atoms with Gasteiger partial charge in [0.15, 0.2) is 0 Å². The Balaban J connectivity index is 1.60. The van der Waals surface area contributed by atoms with Gasteiger partial charge in [-0.25, -0.2) is 0 Å². The van der Waals surface area contributed by atoms with Gasteiger partial charge >= 0.3 is 0 Å². The van der Waals surface area contributed by atoms with Gasteiger partial charge in [-0.05, 0) is 24.6 Å². The molecule has 0 radical (unpaired) electrons. The first-order valence-corrected chi connectivity index (χ1v) is 6.72. The van der Waals surface area contributed by atoms with Crippen molar-refractivity contribution in [2.24, 2.45) is 0 Å². The summed E-state index contributed by atoms with van der Waals surface area (Å²) in [5.74, 6) is 0.874. The molecule has 0 aliphatic carbocycles. The molecule has 0 fully saturated rings. The molecule has 0 amide bonds. The highest BCUT2D eigenvalue weighted by Crippen LogP contribution is 2.23. The molecule has 1 heterocycles. The summed E-state index contributed by atoms with van der Waals surface area (Å²) in [4.78, 5) is 5.52. The van der Waals surface area contributed by atoms with E-state index in [1.165, 1.54) is 0 Å². The van der Waals surface area contributed by atoms with Crippen molar-refractivity contribution in [3.05, 3.63) is 72.0 Å². The Morgan fingerprint density at radius 3 is 2.60 bits per heavy atom. The predicted molar refractivity (Wildman–Crippen MR) is 79.0 cm³/mol. The van der Waals surface area contributed by atoms with Crippen molar-refractivity contribution in [2.45, 2.75) is 19.6 Å². The zero-order chi connectivity index (χ0) is 13.8. The first-order chi connectivity index (χ1) is 9.83. The van der Waals surface area contributed by atoms with Gasteiger partial charge in [-0.15, -0.1) is 0 Å². The van der Waals surface area contributed by atoms with Gasteiger partial charge in [-0.2, -0.15) is 5.48 Å². The molecule has 102 valence electrons. The number of rotatable bonds is 5. The first-order valence-electron chi connectivity index (χ1n) is 6.72. The molecule has 3 heteroatoms. The summed E-state index contributed by atoms with van der Waals surface area (Å²) in [6, 6.07) is 20.1. The molecule has 3 nitrogen and oxygen atoms in total. The number of para-hydroxylation sites is 1. The van der Waals surface area contributed by atoms with Crippen LogP contribution in [0.15, 0.2) is 65.1 Å². The predicted octanol–water partition coefficient (Wildman–Crippen LogP) is 4.22. The van der Waals surface area contributed by atoms with Gasteiger partial charge in [0.2, 0.25) is 0 Å². The molecular weight excluding hydrogens is 250 g/mol. The topological polar surface area (TPSA) is 34.4 Å². The van der Waals surface area contributed by atoms with Crippen LogP contribution >= 0.6 is 0 Å². The standard InChI is InChI=1S/C17H17NO2/c1-13(18-19-12-14-7-3-2-4-8-14)17-11-15-9-5-6-10-16(15)20-17/h2-11,13,18H,12H2,1H3. The van der Waals surface area contributed by atoms with Crippen LogP contribution < -0.4 is 5.48 Å². The lowest BCUT2D eigenvalue weighted by Crippen LogP contribution is -2.18. The van der Waals surface area contributed by atoms with Crippen LogP contribution in [0.1, 0.15) is 24.3 Å². The van der Waals surface area contributed by atoms with E-state index in [9.17, 15) is 0 Å². The Bertz CT molecular complexity index is 643. The average molecular weight is 267 g/mol. The highest BCUT2D eigenvalue weighted by molar-refractivity contribution is 5.77. The SMILES string of the molecule is CC(NOCc1ccccc1)c1cc2ccccc2o1. The molecule has 3 rings (SSSR count). The summed E-state index contributed by atoms with van der Waals surface area (Å²) in [5.41, 5.74) is 5.05. The zero-order valence-corrected chi connectivity index (χ0v) is 11.4. The number of furan rings is 1. The normalized spacial score (nSPS) is 12.7. The fourth-order valence-electron chi connectivity index (χ4n) is 2.10. The monoisotopic (exact) mass is 267 g/mol. The van der Waals surface area contributed by atoms with Crippen LogP contribution in [0.5, 0.6) is 0 Å². The number of nitrogens with one attached hydrogen (secondary N) is 1. The summed E-state index contributed by atoms with van der Waals surface area (Å²) >= 11 is 0. The molecular formula is C17H17NO2. The lowest BCUT2D eigenvalue weighted by atomic mass is 10.2. The molecule has 2 aromatic carbocycles. The van der Waals surface area contributed by atoms with Gasteiger partial charge in [0.1, 0.15) is 11.3 Å². The van der Waals surface area contributed by atoms with Crippen molar-refractivity contribution in [2.75, 3.05) is 0 Å². The summed E-state index contributed by atoms with van der Waals surface area (Å²) in [6.45, 7) is 2.55. The minimum atomic E-state index is 0.00566. The van der Waals surface area contributed by atoms with Crippen LogP contribution in [0.4, 0.5) is 0 Å². The maximum atomic E-state index is 5.79. The third-order valence-electron chi connectivity index (χ3n) is 3.21. The second kappa shape index (κ2) is 5.90. The Labute approximate surface area is 118 Å². The zero-order valence-electron chi connectivity index (χ0n) is 11.4. The van der Waals surface area contributed by atoms with Crippen molar-refractivity contribution in [3.8, 4) is 0 Å². The van der Waals surface area contributed by atoms with Gasteiger partial charge in [-0.3, -0.25) is 4.84 Å². The van der Waals surface area contributed by atoms with Gasteiger partial charge in [0.05, 0.1) is 12.6 Å². The molecule has 0 aliphatic heterocycles. The number of fused-ring (bicyclic) bond motifs is 1. The van der Waals surface area contributed by atoms with Crippen LogP contribution in [-0.4, -0.2) is 0 Å². The average Bonchev–Trinajstić information content (AvgIpc) is 2.92. The van der Waals surface area contributed by atoms with E-state index in [2.05, 4.69) is 5.48 Å². The summed E-state index contributed by atoms with van der Waals surface area (Å²) in [7, 11) is 0. The second-order valence-electron chi connectivity index (χ2n) is 4.80. The molecule has 0 saturated carbocycles. The van der Waals surface area contributed by atoms with Crippen molar-refractivity contribution >= 4 is 11.0 Å². The quantitative estimate of drug-likeness (QED) is 0.703. The third-order valence-corrected chi connectivity index (χ3v) is 3.21. The maximum absolute atomic E-state index is 5.79. The fourth-order valence-corrected chi connectivity index (χ4v) is 2.10. The van der Waals surface area contributed by atoms with Crippen LogP contribution in [0, 0.1) is 0 Å². The lowest BCUT2D eigenvalue weighted by molar-refractivity contribution is 0.00292. The van der Waals surface area contributed by atoms with Gasteiger partial charge in [0.25, 0.3) is 0 Å². The molecule has 20 heavy (non-hydrogen) atoms. The Hall–Kier alpha value is -2.10. The number of hydrogen-bond donors (Lipinski definition) is 1. The van der Waals surface area contributed by atoms with Crippen molar-refractivity contribution in [1.29, 1.82) is 0 Å². The molecule has 3 aromatic rings. The highest BCUT2D eigenvalue weighted by atomic mass is 16.6. The second-order valence-corrected chi connectivity index (χ2v) is 4.80. The molecule has 1 aromatic heterocycles. The van der Waals surface area contributed by atoms with Crippen LogP contribution in [-0.2, 0) is 11.4 Å². The van der Waals surface area contributed by atoms with Crippen LogP contribution in [0.2, 0.25) is 0 Å². The fraction of sp³-hybridized carbons (Fsp3) is 0.176. The largest absolute Gasteiger partial charge is 0.459 e. The van der Waals surface area contributed by atoms with Crippen molar-refractivity contribution < 1.29 is 9.25 Å². The smallest absolute Gasteiger partial charge is 0.134 e. The Morgan fingerprint density at radius 1 is 1.05 bits per heavy atom. The first kappa shape index (κ1) is 12.9. The molecule has 0 spiro atoms. The van der Waals surface area contributed by atoms with E-state index < -0.39 is 0 Å². The molecule has 1 unspecified atom stereocenters. The van der Waals surface area contributed by atoms with Crippen LogP contribution in [0.25, 0.3) is 11.0 Å². The van der Waals surface area contributed by atoms with E-state index in [4.69, 9.17) is 9.25 Å². The van der Waals surface area contributed by atoms with E-state index >= 15 is 0 Å².